The quantitative estimate of drug-likeness (QED) is 0.873. The minimum Gasteiger partial charge on any atom is -0.506 e. The van der Waals surface area contributed by atoms with Crippen LogP contribution in [0.5, 0.6) is 5.75 Å². The summed E-state index contributed by atoms with van der Waals surface area (Å²) >= 11 is 5.68. The van der Waals surface area contributed by atoms with Crippen LogP contribution in [0.4, 0.5) is 13.2 Å². The number of nitrogens with one attached hydrogen (secondary N) is 1. The summed E-state index contributed by atoms with van der Waals surface area (Å²) in [5.74, 6) is -0.522. The van der Waals surface area contributed by atoms with E-state index in [0.29, 0.717) is 17.9 Å². The summed E-state index contributed by atoms with van der Waals surface area (Å²) in [4.78, 5) is 0. The Kier molecular flexibility index (Phi) is 4.26. The van der Waals surface area contributed by atoms with E-state index in [1.54, 1.807) is 0 Å². The third-order valence-electron chi connectivity index (χ3n) is 3.41. The van der Waals surface area contributed by atoms with Crippen molar-refractivity contribution in [3.8, 4) is 5.75 Å². The van der Waals surface area contributed by atoms with Gasteiger partial charge in [0.05, 0.1) is 10.6 Å². The third kappa shape index (κ3) is 3.54. The molecule has 0 aliphatic carbocycles. The van der Waals surface area contributed by atoms with Crippen molar-refractivity contribution in [3.05, 3.63) is 28.3 Å². The molecule has 1 fully saturated rings. The summed E-state index contributed by atoms with van der Waals surface area (Å²) < 4.78 is 38.3. The van der Waals surface area contributed by atoms with E-state index >= 15 is 0 Å². The van der Waals surface area contributed by atoms with E-state index in [1.165, 1.54) is 6.07 Å². The van der Waals surface area contributed by atoms with E-state index in [-0.39, 0.29) is 5.02 Å². The van der Waals surface area contributed by atoms with Crippen molar-refractivity contribution in [1.29, 1.82) is 0 Å². The van der Waals surface area contributed by atoms with Crippen molar-refractivity contribution in [1.82, 2.24) is 5.32 Å². The SMILES string of the molecule is Oc1c(Cl)cc(CC2CCNCC2)cc1C(F)(F)F. The first kappa shape index (κ1) is 14.5. The van der Waals surface area contributed by atoms with Crippen LogP contribution in [0, 0.1) is 5.92 Å². The average molecular weight is 294 g/mol. The van der Waals surface area contributed by atoms with Gasteiger partial charge in [-0.15, -0.1) is 0 Å². The number of hydrogen-bond donors (Lipinski definition) is 2. The minimum absolute atomic E-state index is 0.237. The second-order valence-corrected chi connectivity index (χ2v) is 5.28. The van der Waals surface area contributed by atoms with Crippen LogP contribution in [0.25, 0.3) is 0 Å². The molecular weight excluding hydrogens is 279 g/mol. The van der Waals surface area contributed by atoms with Crippen LogP contribution in [0.15, 0.2) is 12.1 Å². The molecule has 1 saturated heterocycles. The highest BCUT2D eigenvalue weighted by atomic mass is 35.5. The number of hydrogen-bond acceptors (Lipinski definition) is 2. The van der Waals surface area contributed by atoms with Crippen LogP contribution in [-0.4, -0.2) is 18.2 Å². The first-order valence-electron chi connectivity index (χ1n) is 6.17. The molecule has 0 atom stereocenters. The predicted octanol–water partition coefficient (Wildman–Crippen LogP) is 3.61. The van der Waals surface area contributed by atoms with Gasteiger partial charge in [0.2, 0.25) is 0 Å². The van der Waals surface area contributed by atoms with Gasteiger partial charge in [-0.2, -0.15) is 13.2 Å². The van der Waals surface area contributed by atoms with E-state index in [1.807, 2.05) is 0 Å². The van der Waals surface area contributed by atoms with Crippen LogP contribution in [0.2, 0.25) is 5.02 Å². The highest BCUT2D eigenvalue weighted by molar-refractivity contribution is 6.32. The maximum absolute atomic E-state index is 12.8. The van der Waals surface area contributed by atoms with Crippen LogP contribution in [-0.2, 0) is 12.6 Å². The van der Waals surface area contributed by atoms with Gasteiger partial charge in [-0.05, 0) is 56.0 Å². The molecule has 1 heterocycles. The van der Waals surface area contributed by atoms with Crippen molar-refractivity contribution < 1.29 is 18.3 Å². The second kappa shape index (κ2) is 5.59. The van der Waals surface area contributed by atoms with Crippen molar-refractivity contribution in [2.24, 2.45) is 5.92 Å². The zero-order chi connectivity index (χ0) is 14.0. The minimum atomic E-state index is -4.59. The number of phenols is 1. The molecule has 6 heteroatoms. The van der Waals surface area contributed by atoms with Crippen LogP contribution in [0.3, 0.4) is 0 Å². The molecule has 106 valence electrons. The molecule has 0 bridgehead atoms. The molecule has 0 spiro atoms. The molecular formula is C13H15ClF3NO. The van der Waals surface area contributed by atoms with E-state index in [0.717, 1.165) is 32.0 Å². The summed E-state index contributed by atoms with van der Waals surface area (Å²) in [5.41, 5.74) is -0.522. The lowest BCUT2D eigenvalue weighted by Gasteiger charge is -2.23. The molecule has 19 heavy (non-hydrogen) atoms. The van der Waals surface area contributed by atoms with Crippen molar-refractivity contribution >= 4 is 11.6 Å². The Hall–Kier alpha value is -0.940. The van der Waals surface area contributed by atoms with E-state index < -0.39 is 17.5 Å². The fraction of sp³-hybridized carbons (Fsp3) is 0.538. The van der Waals surface area contributed by atoms with Crippen LogP contribution in [0.1, 0.15) is 24.0 Å². The summed E-state index contributed by atoms with van der Waals surface area (Å²) in [6.45, 7) is 1.78. The zero-order valence-corrected chi connectivity index (χ0v) is 11.0. The van der Waals surface area contributed by atoms with Crippen LogP contribution >= 0.6 is 11.6 Å². The van der Waals surface area contributed by atoms with Gasteiger partial charge in [0.15, 0.2) is 0 Å². The molecule has 0 radical (unpaired) electrons. The molecule has 2 N–H and O–H groups in total. The fourth-order valence-electron chi connectivity index (χ4n) is 2.41. The molecule has 1 aromatic rings. The molecule has 1 aromatic carbocycles. The highest BCUT2D eigenvalue weighted by Crippen LogP contribution is 2.40. The maximum atomic E-state index is 12.8. The summed E-state index contributed by atoms with van der Waals surface area (Å²) in [6.07, 6.45) is -2.14. The van der Waals surface area contributed by atoms with Gasteiger partial charge in [0.25, 0.3) is 0 Å². The van der Waals surface area contributed by atoms with Gasteiger partial charge in [-0.1, -0.05) is 11.6 Å². The molecule has 0 saturated carbocycles. The Balaban J connectivity index is 2.23. The zero-order valence-electron chi connectivity index (χ0n) is 10.2. The van der Waals surface area contributed by atoms with Crippen molar-refractivity contribution in [3.63, 3.8) is 0 Å². The molecule has 0 amide bonds. The third-order valence-corrected chi connectivity index (χ3v) is 3.70. The molecule has 2 nitrogen and oxygen atoms in total. The normalized spacial score (nSPS) is 17.7. The lowest BCUT2D eigenvalue weighted by molar-refractivity contribution is -0.138. The number of aromatic hydroxyl groups is 1. The smallest absolute Gasteiger partial charge is 0.420 e. The Labute approximate surface area is 114 Å². The Morgan fingerprint density at radius 3 is 2.47 bits per heavy atom. The van der Waals surface area contributed by atoms with Gasteiger partial charge in [-0.25, -0.2) is 0 Å². The number of halogens is 4. The molecule has 1 aliphatic heterocycles. The first-order valence-corrected chi connectivity index (χ1v) is 6.55. The number of phenolic OH excluding ortho intramolecular Hbond substituents is 1. The lowest BCUT2D eigenvalue weighted by Crippen LogP contribution is -2.28. The summed E-state index contributed by atoms with van der Waals surface area (Å²) in [7, 11) is 0. The van der Waals surface area contributed by atoms with Gasteiger partial charge in [0.1, 0.15) is 5.75 Å². The maximum Gasteiger partial charge on any atom is 0.420 e. The standard InChI is InChI=1S/C13H15ClF3NO/c14-11-7-9(5-8-1-3-18-4-2-8)6-10(12(11)19)13(15,16)17/h6-8,18-19H,1-5H2. The largest absolute Gasteiger partial charge is 0.506 e. The molecule has 0 aromatic heterocycles. The number of benzene rings is 1. The van der Waals surface area contributed by atoms with Gasteiger partial charge < -0.3 is 10.4 Å². The van der Waals surface area contributed by atoms with Crippen molar-refractivity contribution in [2.75, 3.05) is 13.1 Å². The fourth-order valence-corrected chi connectivity index (χ4v) is 2.65. The van der Waals surface area contributed by atoms with E-state index in [4.69, 9.17) is 11.6 Å². The Bertz CT molecular complexity index is 456. The van der Waals surface area contributed by atoms with E-state index in [9.17, 15) is 18.3 Å². The van der Waals surface area contributed by atoms with Crippen molar-refractivity contribution in [2.45, 2.75) is 25.4 Å². The first-order chi connectivity index (χ1) is 8.88. The Morgan fingerprint density at radius 2 is 1.89 bits per heavy atom. The monoisotopic (exact) mass is 293 g/mol. The number of rotatable bonds is 2. The topological polar surface area (TPSA) is 32.3 Å². The number of alkyl halides is 3. The summed E-state index contributed by atoms with van der Waals surface area (Å²) in [5, 5.41) is 12.4. The molecule has 1 aliphatic rings. The Morgan fingerprint density at radius 1 is 1.26 bits per heavy atom. The van der Waals surface area contributed by atoms with Gasteiger partial charge in [0, 0.05) is 0 Å². The van der Waals surface area contributed by atoms with E-state index in [2.05, 4.69) is 5.32 Å². The highest BCUT2D eigenvalue weighted by Gasteiger charge is 2.35. The molecule has 2 rings (SSSR count). The number of piperidine rings is 1. The lowest BCUT2D eigenvalue weighted by atomic mass is 9.90. The average Bonchev–Trinajstić information content (AvgIpc) is 2.33. The predicted molar refractivity (Wildman–Crippen MR) is 67.4 cm³/mol. The van der Waals surface area contributed by atoms with Crippen LogP contribution < -0.4 is 5.32 Å². The van der Waals surface area contributed by atoms with Gasteiger partial charge >= 0.3 is 6.18 Å². The summed E-state index contributed by atoms with van der Waals surface area (Å²) in [6, 6.07) is 2.43. The second-order valence-electron chi connectivity index (χ2n) is 4.87. The molecule has 0 unspecified atom stereocenters. The van der Waals surface area contributed by atoms with Gasteiger partial charge in [-0.3, -0.25) is 0 Å².